The van der Waals surface area contributed by atoms with Gasteiger partial charge in [0, 0.05) is 29.7 Å². The lowest BCUT2D eigenvalue weighted by molar-refractivity contribution is -0.142. The Kier molecular flexibility index (Phi) is 8.15. The van der Waals surface area contributed by atoms with Crippen LogP contribution in [0.5, 0.6) is 5.75 Å². The van der Waals surface area contributed by atoms with Crippen LogP contribution < -0.4 is 15.4 Å². The number of halogens is 3. The largest absolute Gasteiger partial charge is 0.483 e. The summed E-state index contributed by atoms with van der Waals surface area (Å²) >= 11 is 0. The van der Waals surface area contributed by atoms with E-state index in [9.17, 15) is 18.0 Å². The van der Waals surface area contributed by atoms with E-state index < -0.39 is 35.2 Å². The van der Waals surface area contributed by atoms with Crippen molar-refractivity contribution in [2.24, 2.45) is 0 Å². The number of nitrogens with one attached hydrogen (secondary N) is 2. The average Bonchev–Trinajstić information content (AvgIpc) is 3.49. The van der Waals surface area contributed by atoms with Gasteiger partial charge in [-0.1, -0.05) is 6.07 Å². The Labute approximate surface area is 266 Å². The first-order chi connectivity index (χ1) is 22.7. The number of ether oxygens (including phenoxy) is 3. The molecule has 6 heterocycles. The highest BCUT2D eigenvalue weighted by atomic mass is 19.4. The zero-order valence-electron chi connectivity index (χ0n) is 25.1. The number of pyridine rings is 2. The fourth-order valence-electron chi connectivity index (χ4n) is 5.40. The van der Waals surface area contributed by atoms with Gasteiger partial charge in [-0.05, 0) is 62.1 Å². The second-order valence-corrected chi connectivity index (χ2v) is 11.2. The van der Waals surface area contributed by atoms with Crippen molar-refractivity contribution in [3.05, 3.63) is 78.3 Å². The van der Waals surface area contributed by atoms with E-state index in [1.807, 2.05) is 17.6 Å². The van der Waals surface area contributed by atoms with Crippen molar-refractivity contribution in [1.82, 2.24) is 29.5 Å². The standard InChI is InChI=1S/C32H29F3N8O4/c1-18-7-8-19(41-31(44)24-12-22(32(33,34)35)25(13-37-24)47-20-14-45-15-20)11-23(18)42-29-21(5-4-9-36-29)27-28-30(39-16-38-27)43(17-40-28)26-6-2-3-10-46-26/h4-5,7-9,11-13,16-17,20,26H,2-3,6,10,14-15H2,1H3,(H,36,42)(H,41,44). The average molecular weight is 647 g/mol. The molecule has 0 bridgehead atoms. The molecular weight excluding hydrogens is 617 g/mol. The number of aryl methyl sites for hydroxylation is 1. The molecule has 5 aromatic rings. The molecule has 7 rings (SSSR count). The third kappa shape index (κ3) is 6.31. The zero-order valence-corrected chi connectivity index (χ0v) is 25.1. The molecule has 2 aliphatic rings. The van der Waals surface area contributed by atoms with Crippen LogP contribution in [0.1, 0.15) is 47.1 Å². The molecule has 12 nitrogen and oxygen atoms in total. The highest BCUT2D eigenvalue weighted by Crippen LogP contribution is 2.38. The Hall–Kier alpha value is -5.15. The van der Waals surface area contributed by atoms with Crippen LogP contribution >= 0.6 is 0 Å². The van der Waals surface area contributed by atoms with E-state index in [1.165, 1.54) is 6.33 Å². The van der Waals surface area contributed by atoms with Gasteiger partial charge in [-0.3, -0.25) is 9.36 Å². The van der Waals surface area contributed by atoms with Gasteiger partial charge in [0.15, 0.2) is 11.4 Å². The fraction of sp³-hybridized carbons (Fsp3) is 0.312. The first-order valence-electron chi connectivity index (χ1n) is 15.0. The Morgan fingerprint density at radius 3 is 2.70 bits per heavy atom. The predicted molar refractivity (Wildman–Crippen MR) is 164 cm³/mol. The van der Waals surface area contributed by atoms with Gasteiger partial charge in [0.05, 0.1) is 25.7 Å². The van der Waals surface area contributed by atoms with Crippen LogP contribution in [-0.2, 0) is 15.7 Å². The van der Waals surface area contributed by atoms with Crippen LogP contribution in [0.3, 0.4) is 0 Å². The predicted octanol–water partition coefficient (Wildman–Crippen LogP) is 6.08. The van der Waals surface area contributed by atoms with Gasteiger partial charge >= 0.3 is 6.18 Å². The number of aromatic nitrogens is 6. The summed E-state index contributed by atoms with van der Waals surface area (Å²) in [6, 6.07) is 9.41. The minimum atomic E-state index is -4.75. The third-order valence-corrected chi connectivity index (χ3v) is 7.94. The summed E-state index contributed by atoms with van der Waals surface area (Å²) in [6.45, 7) is 2.93. The number of carbonyl (C=O) groups is 1. The molecule has 0 radical (unpaired) electrons. The number of imidazole rings is 1. The number of amides is 1. The number of benzene rings is 1. The normalized spacial score (nSPS) is 16.9. The number of nitrogens with zero attached hydrogens (tertiary/aromatic N) is 6. The Balaban J connectivity index is 1.14. The molecule has 242 valence electrons. The maximum Gasteiger partial charge on any atom is 0.420 e. The van der Waals surface area contributed by atoms with Gasteiger partial charge in [0.1, 0.15) is 46.9 Å². The van der Waals surface area contributed by atoms with Crippen LogP contribution in [0.25, 0.3) is 22.4 Å². The number of hydrogen-bond donors (Lipinski definition) is 2. The molecule has 2 N–H and O–H groups in total. The minimum absolute atomic E-state index is 0.146. The van der Waals surface area contributed by atoms with Crippen molar-refractivity contribution in [3.8, 4) is 17.0 Å². The van der Waals surface area contributed by atoms with E-state index in [-0.39, 0.29) is 19.4 Å². The Morgan fingerprint density at radius 2 is 1.94 bits per heavy atom. The maximum atomic E-state index is 13.8. The van der Waals surface area contributed by atoms with E-state index in [0.29, 0.717) is 52.3 Å². The lowest BCUT2D eigenvalue weighted by Gasteiger charge is -2.27. The maximum absolute atomic E-state index is 13.8. The third-order valence-electron chi connectivity index (χ3n) is 7.94. The van der Waals surface area contributed by atoms with Crippen LogP contribution in [0.15, 0.2) is 61.4 Å². The van der Waals surface area contributed by atoms with Crippen molar-refractivity contribution >= 4 is 34.3 Å². The monoisotopic (exact) mass is 646 g/mol. The summed E-state index contributed by atoms with van der Waals surface area (Å²) in [5.41, 5.74) is 2.74. The Bertz CT molecular complexity index is 1940. The summed E-state index contributed by atoms with van der Waals surface area (Å²) in [7, 11) is 0. The summed E-state index contributed by atoms with van der Waals surface area (Å²) in [5, 5.41) is 5.96. The Morgan fingerprint density at radius 1 is 1.06 bits per heavy atom. The van der Waals surface area contributed by atoms with Crippen molar-refractivity contribution in [3.63, 3.8) is 0 Å². The lowest BCUT2D eigenvalue weighted by atomic mass is 10.1. The summed E-state index contributed by atoms with van der Waals surface area (Å²) in [4.78, 5) is 35.2. The molecule has 1 amide bonds. The molecule has 2 aliphatic heterocycles. The first-order valence-corrected chi connectivity index (χ1v) is 15.0. The minimum Gasteiger partial charge on any atom is -0.483 e. The number of anilines is 3. The molecular formula is C32H29F3N8O4. The van der Waals surface area contributed by atoms with E-state index in [0.717, 1.165) is 31.0 Å². The highest BCUT2D eigenvalue weighted by molar-refractivity contribution is 6.03. The quantitative estimate of drug-likeness (QED) is 0.204. The molecule has 2 fully saturated rings. The molecule has 0 spiro atoms. The smallest absolute Gasteiger partial charge is 0.420 e. The fourth-order valence-corrected chi connectivity index (χ4v) is 5.40. The van der Waals surface area contributed by atoms with Gasteiger partial charge in [-0.15, -0.1) is 0 Å². The van der Waals surface area contributed by atoms with E-state index in [4.69, 9.17) is 14.2 Å². The van der Waals surface area contributed by atoms with Crippen molar-refractivity contribution < 1.29 is 32.2 Å². The molecule has 2 saturated heterocycles. The van der Waals surface area contributed by atoms with Crippen molar-refractivity contribution in [2.45, 2.75) is 44.7 Å². The molecule has 0 aliphatic carbocycles. The second kappa shape index (κ2) is 12.6. The highest BCUT2D eigenvalue weighted by Gasteiger charge is 2.37. The van der Waals surface area contributed by atoms with Gasteiger partial charge < -0.3 is 24.8 Å². The number of carbonyl (C=O) groups excluding carboxylic acids is 1. The van der Waals surface area contributed by atoms with E-state index in [2.05, 4.69) is 35.6 Å². The molecule has 1 aromatic carbocycles. The van der Waals surface area contributed by atoms with Crippen LogP contribution in [0.4, 0.5) is 30.4 Å². The molecule has 1 atom stereocenters. The zero-order chi connectivity index (χ0) is 32.5. The second-order valence-electron chi connectivity index (χ2n) is 11.2. The number of alkyl halides is 3. The van der Waals surface area contributed by atoms with Crippen LogP contribution in [-0.4, -0.2) is 61.3 Å². The summed E-state index contributed by atoms with van der Waals surface area (Å²) < 4.78 is 59.7. The van der Waals surface area contributed by atoms with Gasteiger partial charge in [-0.2, -0.15) is 13.2 Å². The van der Waals surface area contributed by atoms with Crippen molar-refractivity contribution in [2.75, 3.05) is 30.5 Å². The topological polar surface area (TPSA) is 138 Å². The van der Waals surface area contributed by atoms with E-state index in [1.54, 1.807) is 36.8 Å². The lowest BCUT2D eigenvalue weighted by Crippen LogP contribution is -2.39. The number of fused-ring (bicyclic) bond motifs is 1. The molecule has 15 heteroatoms. The molecule has 0 saturated carbocycles. The van der Waals surface area contributed by atoms with Crippen molar-refractivity contribution in [1.29, 1.82) is 0 Å². The van der Waals surface area contributed by atoms with Crippen LogP contribution in [0.2, 0.25) is 0 Å². The van der Waals surface area contributed by atoms with E-state index >= 15 is 0 Å². The van der Waals surface area contributed by atoms with Gasteiger partial charge in [0.2, 0.25) is 0 Å². The van der Waals surface area contributed by atoms with Crippen LogP contribution in [0, 0.1) is 6.92 Å². The molecule has 1 unspecified atom stereocenters. The number of hydrogen-bond acceptors (Lipinski definition) is 10. The summed E-state index contributed by atoms with van der Waals surface area (Å²) in [5.74, 6) is -0.792. The summed E-state index contributed by atoms with van der Waals surface area (Å²) in [6.07, 6.45) is 3.30. The SMILES string of the molecule is Cc1ccc(NC(=O)c2cc(C(F)(F)F)c(OC3COC3)cn2)cc1Nc1ncccc1-c1ncnc2c1ncn2C1CCCCO1. The van der Waals surface area contributed by atoms with Gasteiger partial charge in [-0.25, -0.2) is 24.9 Å². The molecule has 4 aromatic heterocycles. The first kappa shape index (κ1) is 30.5. The number of rotatable bonds is 8. The van der Waals surface area contributed by atoms with Gasteiger partial charge in [0.25, 0.3) is 5.91 Å². The molecule has 47 heavy (non-hydrogen) atoms.